The van der Waals surface area contributed by atoms with E-state index in [2.05, 4.69) is 5.32 Å². The van der Waals surface area contributed by atoms with Gasteiger partial charge >= 0.3 is 0 Å². The minimum atomic E-state index is -0.406. The molecule has 3 nitrogen and oxygen atoms in total. The van der Waals surface area contributed by atoms with Crippen LogP contribution in [0.3, 0.4) is 0 Å². The molecule has 0 atom stereocenters. The molecular formula is C7H14N2O. The van der Waals surface area contributed by atoms with Crippen molar-refractivity contribution in [1.82, 2.24) is 5.32 Å². The number of nitrogens with two attached hydrogens (primary N) is 1. The number of carbonyl (C=O) groups excluding carboxylic acids is 1. The molecule has 0 aliphatic heterocycles. The maximum Gasteiger partial charge on any atom is 0.264 e. The summed E-state index contributed by atoms with van der Waals surface area (Å²) in [6.07, 6.45) is 1.79. The van der Waals surface area contributed by atoms with Gasteiger partial charge in [0, 0.05) is 7.05 Å². The van der Waals surface area contributed by atoms with E-state index >= 15 is 0 Å². The first-order valence-electron chi connectivity index (χ1n) is 3.27. The van der Waals surface area contributed by atoms with E-state index in [0.717, 1.165) is 0 Å². The van der Waals surface area contributed by atoms with Crippen LogP contribution in [0.4, 0.5) is 0 Å². The Hall–Kier alpha value is -0.990. The highest BCUT2D eigenvalue weighted by molar-refractivity contribution is 5.91. The quantitative estimate of drug-likeness (QED) is 0.554. The zero-order valence-corrected chi connectivity index (χ0v) is 6.64. The zero-order valence-electron chi connectivity index (χ0n) is 6.64. The lowest BCUT2D eigenvalue weighted by Crippen LogP contribution is -2.23. The Morgan fingerprint density at radius 3 is 2.20 bits per heavy atom. The van der Waals surface area contributed by atoms with E-state index in [9.17, 15) is 4.79 Å². The second kappa shape index (κ2) is 3.93. The van der Waals surface area contributed by atoms with Crippen LogP contribution in [0.25, 0.3) is 0 Å². The third-order valence-electron chi connectivity index (χ3n) is 1.03. The maximum atomic E-state index is 10.6. The van der Waals surface area contributed by atoms with Gasteiger partial charge in [-0.1, -0.05) is 19.9 Å². The third-order valence-corrected chi connectivity index (χ3v) is 1.03. The van der Waals surface area contributed by atoms with Crippen molar-refractivity contribution in [1.29, 1.82) is 0 Å². The summed E-state index contributed by atoms with van der Waals surface area (Å²) in [5.74, 6) is -0.0637. The molecule has 0 fully saturated rings. The van der Waals surface area contributed by atoms with Crippen LogP contribution >= 0.6 is 0 Å². The number of hydrogen-bond acceptors (Lipinski definition) is 2. The molecule has 1 amide bonds. The smallest absolute Gasteiger partial charge is 0.264 e. The molecule has 0 aromatic heterocycles. The van der Waals surface area contributed by atoms with Gasteiger partial charge in [0.1, 0.15) is 0 Å². The number of likely N-dealkylation sites (N-methyl/N-ethyl adjacent to an activating group) is 1. The molecule has 0 aliphatic rings. The average Bonchev–Trinajstić information content (AvgIpc) is 1.81. The highest BCUT2D eigenvalue weighted by atomic mass is 16.1. The van der Waals surface area contributed by atoms with Crippen LogP contribution in [-0.4, -0.2) is 13.0 Å². The van der Waals surface area contributed by atoms with Crippen molar-refractivity contribution in [3.63, 3.8) is 0 Å². The molecule has 0 aromatic carbocycles. The third kappa shape index (κ3) is 3.12. The molecule has 0 heterocycles. The number of allylic oxidation sites excluding steroid dienone is 1. The van der Waals surface area contributed by atoms with Gasteiger partial charge in [0.05, 0.1) is 5.70 Å². The standard InChI is InChI=1S/C7H14N2O/c1-5(2)4-6(9-3)7(8)10/h4-5,9H,1-3H3,(H2,8,10)/b6-4+. The van der Waals surface area contributed by atoms with E-state index in [4.69, 9.17) is 5.73 Å². The molecule has 0 unspecified atom stereocenters. The molecule has 0 spiro atoms. The Labute approximate surface area is 61.3 Å². The normalized spacial score (nSPS) is 11.8. The molecule has 10 heavy (non-hydrogen) atoms. The van der Waals surface area contributed by atoms with Gasteiger partial charge in [-0.15, -0.1) is 0 Å². The summed E-state index contributed by atoms with van der Waals surface area (Å²) in [7, 11) is 1.68. The van der Waals surface area contributed by atoms with Crippen molar-refractivity contribution in [2.24, 2.45) is 11.7 Å². The van der Waals surface area contributed by atoms with E-state index in [0.29, 0.717) is 11.6 Å². The lowest BCUT2D eigenvalue weighted by Gasteiger charge is -2.02. The Balaban J connectivity index is 4.19. The molecule has 3 heteroatoms. The monoisotopic (exact) mass is 142 g/mol. The van der Waals surface area contributed by atoms with Crippen molar-refractivity contribution in [2.45, 2.75) is 13.8 Å². The summed E-state index contributed by atoms with van der Waals surface area (Å²) >= 11 is 0. The van der Waals surface area contributed by atoms with Crippen molar-refractivity contribution < 1.29 is 4.79 Å². The van der Waals surface area contributed by atoms with Gasteiger partial charge < -0.3 is 11.1 Å². The Kier molecular flexibility index (Phi) is 3.54. The van der Waals surface area contributed by atoms with E-state index < -0.39 is 5.91 Å². The van der Waals surface area contributed by atoms with Gasteiger partial charge in [0.15, 0.2) is 0 Å². The average molecular weight is 142 g/mol. The predicted octanol–water partition coefficient (Wildman–Crippen LogP) is 0.231. The number of amides is 1. The van der Waals surface area contributed by atoms with Gasteiger partial charge in [0.25, 0.3) is 5.91 Å². The van der Waals surface area contributed by atoms with Gasteiger partial charge in [-0.2, -0.15) is 0 Å². The van der Waals surface area contributed by atoms with Crippen LogP contribution in [0, 0.1) is 5.92 Å². The molecule has 0 saturated heterocycles. The summed E-state index contributed by atoms with van der Waals surface area (Å²) in [6, 6.07) is 0. The first-order valence-corrected chi connectivity index (χ1v) is 3.27. The fourth-order valence-corrected chi connectivity index (χ4v) is 0.622. The molecule has 58 valence electrons. The minimum absolute atomic E-state index is 0.343. The van der Waals surface area contributed by atoms with Gasteiger partial charge in [-0.25, -0.2) is 0 Å². The van der Waals surface area contributed by atoms with Crippen LogP contribution in [0.1, 0.15) is 13.8 Å². The summed E-state index contributed by atoms with van der Waals surface area (Å²) < 4.78 is 0. The van der Waals surface area contributed by atoms with Crippen LogP contribution < -0.4 is 11.1 Å². The van der Waals surface area contributed by atoms with Gasteiger partial charge in [0.2, 0.25) is 0 Å². The van der Waals surface area contributed by atoms with Gasteiger partial charge in [-0.3, -0.25) is 4.79 Å². The van der Waals surface area contributed by atoms with Crippen molar-refractivity contribution >= 4 is 5.91 Å². The van der Waals surface area contributed by atoms with E-state index in [-0.39, 0.29) is 0 Å². The highest BCUT2D eigenvalue weighted by Gasteiger charge is 2.00. The van der Waals surface area contributed by atoms with Crippen LogP contribution in [0.5, 0.6) is 0 Å². The molecule has 0 aromatic rings. The molecular weight excluding hydrogens is 128 g/mol. The highest BCUT2D eigenvalue weighted by Crippen LogP contribution is 1.97. The molecule has 0 bridgehead atoms. The van der Waals surface area contributed by atoms with Gasteiger partial charge in [-0.05, 0) is 5.92 Å². The Morgan fingerprint density at radius 2 is 2.10 bits per heavy atom. The topological polar surface area (TPSA) is 55.1 Å². The number of nitrogens with one attached hydrogen (secondary N) is 1. The fraction of sp³-hybridized carbons (Fsp3) is 0.571. The number of rotatable bonds is 3. The second-order valence-electron chi connectivity index (χ2n) is 2.44. The lowest BCUT2D eigenvalue weighted by atomic mass is 10.2. The Morgan fingerprint density at radius 1 is 1.60 bits per heavy atom. The fourth-order valence-electron chi connectivity index (χ4n) is 0.622. The summed E-state index contributed by atoms with van der Waals surface area (Å²) in [5, 5.41) is 2.72. The number of hydrogen-bond donors (Lipinski definition) is 2. The van der Waals surface area contributed by atoms with E-state index in [1.54, 1.807) is 13.1 Å². The van der Waals surface area contributed by atoms with Crippen molar-refractivity contribution in [2.75, 3.05) is 7.05 Å². The number of carbonyl (C=O) groups is 1. The number of primary amides is 1. The SMILES string of the molecule is CN/C(=C/C(C)C)C(N)=O. The molecule has 0 saturated carbocycles. The molecule has 0 radical (unpaired) electrons. The summed E-state index contributed by atoms with van der Waals surface area (Å²) in [4.78, 5) is 10.6. The first-order chi connectivity index (χ1) is 4.57. The largest absolute Gasteiger partial charge is 0.384 e. The first kappa shape index (κ1) is 9.01. The molecule has 3 N–H and O–H groups in total. The van der Waals surface area contributed by atoms with Crippen LogP contribution in [0.2, 0.25) is 0 Å². The van der Waals surface area contributed by atoms with E-state index in [1.807, 2.05) is 13.8 Å². The second-order valence-corrected chi connectivity index (χ2v) is 2.44. The van der Waals surface area contributed by atoms with Crippen molar-refractivity contribution in [3.05, 3.63) is 11.8 Å². The lowest BCUT2D eigenvalue weighted by molar-refractivity contribution is -0.114. The summed E-state index contributed by atoms with van der Waals surface area (Å²) in [6.45, 7) is 3.97. The molecule has 0 rings (SSSR count). The van der Waals surface area contributed by atoms with E-state index in [1.165, 1.54) is 0 Å². The summed E-state index contributed by atoms with van der Waals surface area (Å²) in [5.41, 5.74) is 5.51. The molecule has 0 aliphatic carbocycles. The minimum Gasteiger partial charge on any atom is -0.384 e. The Bertz CT molecular complexity index is 150. The zero-order chi connectivity index (χ0) is 8.15. The van der Waals surface area contributed by atoms with Crippen LogP contribution in [-0.2, 0) is 4.79 Å². The predicted molar refractivity (Wildman–Crippen MR) is 41.2 cm³/mol. The van der Waals surface area contributed by atoms with Crippen LogP contribution in [0.15, 0.2) is 11.8 Å². The maximum absolute atomic E-state index is 10.6. The van der Waals surface area contributed by atoms with Crippen molar-refractivity contribution in [3.8, 4) is 0 Å².